The number of hydrogen-bond donors (Lipinski definition) is 2. The third-order valence-electron chi connectivity index (χ3n) is 9.22. The largest absolute Gasteiger partial charge is 0.507 e. The molecule has 0 fully saturated rings. The van der Waals surface area contributed by atoms with Gasteiger partial charge in [-0.25, -0.2) is 0 Å². The second kappa shape index (κ2) is 13.4. The van der Waals surface area contributed by atoms with Gasteiger partial charge >= 0.3 is 0 Å². The fourth-order valence-electron chi connectivity index (χ4n) is 6.27. The SMILES string of the molecule is CC(C)(C)c1cc(C=O)c(O)c(COc2ccc3ccccc3c2-c2c(OCc3cc(C(C)(C)C)cc(C=O)c3O)ccc3ccccc23)c1. The first-order valence-electron chi connectivity index (χ1n) is 16.7. The molecule has 0 aliphatic rings. The van der Waals surface area contributed by atoms with Gasteiger partial charge in [-0.05, 0) is 79.9 Å². The highest BCUT2D eigenvalue weighted by atomic mass is 16.5. The monoisotopic (exact) mass is 666 g/mol. The van der Waals surface area contributed by atoms with Crippen LogP contribution in [0.15, 0.2) is 97.1 Å². The fraction of sp³-hybridized carbons (Fsp3) is 0.227. The summed E-state index contributed by atoms with van der Waals surface area (Å²) in [6.07, 6.45) is 1.34. The molecule has 254 valence electrons. The molecule has 0 saturated heterocycles. The number of carbonyl (C=O) groups is 2. The highest BCUT2D eigenvalue weighted by molar-refractivity contribution is 6.09. The average Bonchev–Trinajstić information content (AvgIpc) is 3.09. The topological polar surface area (TPSA) is 93.1 Å². The molecule has 6 nitrogen and oxygen atoms in total. The molecule has 0 aliphatic heterocycles. The number of phenols is 2. The summed E-state index contributed by atoms with van der Waals surface area (Å²) in [5.74, 6) is 0.936. The number of rotatable bonds is 9. The first-order chi connectivity index (χ1) is 23.8. The van der Waals surface area contributed by atoms with Crippen molar-refractivity contribution in [2.75, 3.05) is 0 Å². The second-order valence-corrected chi connectivity index (χ2v) is 14.8. The molecule has 50 heavy (non-hydrogen) atoms. The van der Waals surface area contributed by atoms with E-state index in [2.05, 4.69) is 41.5 Å². The molecular formula is C44H42O6. The van der Waals surface area contributed by atoms with Crippen LogP contribution in [0, 0.1) is 0 Å². The first-order valence-corrected chi connectivity index (χ1v) is 16.7. The van der Waals surface area contributed by atoms with Gasteiger partial charge < -0.3 is 19.7 Å². The van der Waals surface area contributed by atoms with Crippen LogP contribution in [-0.2, 0) is 24.0 Å². The maximum Gasteiger partial charge on any atom is 0.153 e. The lowest BCUT2D eigenvalue weighted by Gasteiger charge is -2.23. The molecule has 0 heterocycles. The average molecular weight is 667 g/mol. The normalized spacial score (nSPS) is 11.9. The Hall–Kier alpha value is -5.62. The predicted octanol–water partition coefficient (Wildman–Crippen LogP) is 10.4. The van der Waals surface area contributed by atoms with Crippen molar-refractivity contribution in [3.05, 3.63) is 130 Å². The number of carbonyl (C=O) groups excluding carboxylic acids is 2. The van der Waals surface area contributed by atoms with E-state index in [-0.39, 0.29) is 46.7 Å². The van der Waals surface area contributed by atoms with Gasteiger partial charge in [-0.3, -0.25) is 9.59 Å². The summed E-state index contributed by atoms with van der Waals surface area (Å²) in [7, 11) is 0. The van der Waals surface area contributed by atoms with E-state index in [9.17, 15) is 19.8 Å². The molecule has 6 aromatic rings. The Labute approximate surface area is 292 Å². The molecule has 0 saturated carbocycles. The maximum atomic E-state index is 11.9. The van der Waals surface area contributed by atoms with Crippen molar-refractivity contribution in [1.82, 2.24) is 0 Å². The Morgan fingerprint density at radius 1 is 0.540 bits per heavy atom. The van der Waals surface area contributed by atoms with E-state index in [1.54, 1.807) is 12.1 Å². The first kappa shape index (κ1) is 34.3. The van der Waals surface area contributed by atoms with Gasteiger partial charge in [-0.15, -0.1) is 0 Å². The summed E-state index contributed by atoms with van der Waals surface area (Å²) in [6, 6.07) is 31.2. The van der Waals surface area contributed by atoms with Gasteiger partial charge in [0.05, 0.1) is 11.1 Å². The van der Waals surface area contributed by atoms with Crippen molar-refractivity contribution in [1.29, 1.82) is 0 Å². The Bertz CT molecular complexity index is 2090. The molecule has 0 aliphatic carbocycles. The number of ether oxygens (including phenoxy) is 2. The summed E-state index contributed by atoms with van der Waals surface area (Å²) in [6.45, 7) is 12.4. The van der Waals surface area contributed by atoms with Crippen molar-refractivity contribution >= 4 is 34.1 Å². The second-order valence-electron chi connectivity index (χ2n) is 14.8. The molecule has 0 radical (unpaired) electrons. The lowest BCUT2D eigenvalue weighted by atomic mass is 9.85. The molecule has 2 N–H and O–H groups in total. The van der Waals surface area contributed by atoms with E-state index in [1.807, 2.05) is 84.9 Å². The summed E-state index contributed by atoms with van der Waals surface area (Å²) >= 11 is 0. The minimum Gasteiger partial charge on any atom is -0.507 e. The highest BCUT2D eigenvalue weighted by Crippen LogP contribution is 2.46. The van der Waals surface area contributed by atoms with E-state index in [0.717, 1.165) is 43.8 Å². The van der Waals surface area contributed by atoms with E-state index in [0.29, 0.717) is 35.2 Å². The Morgan fingerprint density at radius 3 is 1.28 bits per heavy atom. The van der Waals surface area contributed by atoms with Gasteiger partial charge in [-0.2, -0.15) is 0 Å². The molecular weight excluding hydrogens is 624 g/mol. The van der Waals surface area contributed by atoms with Gasteiger partial charge in [-0.1, -0.05) is 102 Å². The smallest absolute Gasteiger partial charge is 0.153 e. The quantitative estimate of drug-likeness (QED) is 0.149. The molecule has 6 rings (SSSR count). The number of benzene rings is 6. The maximum absolute atomic E-state index is 11.9. The van der Waals surface area contributed by atoms with Gasteiger partial charge in [0.25, 0.3) is 0 Å². The van der Waals surface area contributed by atoms with Crippen LogP contribution in [0.1, 0.15) is 84.5 Å². The third-order valence-corrected chi connectivity index (χ3v) is 9.22. The van der Waals surface area contributed by atoms with E-state index in [1.165, 1.54) is 0 Å². The number of phenolic OH excluding ortho intramolecular Hbond substituents is 2. The number of fused-ring (bicyclic) bond motifs is 2. The lowest BCUT2D eigenvalue weighted by molar-refractivity contribution is 0.111. The molecule has 0 aromatic heterocycles. The van der Waals surface area contributed by atoms with Crippen LogP contribution in [0.2, 0.25) is 0 Å². The number of aromatic hydroxyl groups is 2. The Kier molecular flexibility index (Phi) is 9.15. The Balaban J connectivity index is 1.51. The summed E-state index contributed by atoms with van der Waals surface area (Å²) in [5, 5.41) is 25.9. The van der Waals surface area contributed by atoms with E-state index < -0.39 is 0 Å². The van der Waals surface area contributed by atoms with E-state index >= 15 is 0 Å². The zero-order chi connectivity index (χ0) is 35.8. The van der Waals surface area contributed by atoms with Crippen LogP contribution in [0.25, 0.3) is 32.7 Å². The third kappa shape index (κ3) is 6.66. The molecule has 6 aromatic carbocycles. The zero-order valence-corrected chi connectivity index (χ0v) is 29.3. The summed E-state index contributed by atoms with van der Waals surface area (Å²) in [4.78, 5) is 23.8. The van der Waals surface area contributed by atoms with Crippen molar-refractivity contribution in [3.8, 4) is 34.1 Å². The van der Waals surface area contributed by atoms with Crippen LogP contribution in [-0.4, -0.2) is 22.8 Å². The molecule has 0 spiro atoms. The van der Waals surface area contributed by atoms with Crippen LogP contribution in [0.3, 0.4) is 0 Å². The predicted molar refractivity (Wildman–Crippen MR) is 200 cm³/mol. The van der Waals surface area contributed by atoms with Crippen molar-refractivity contribution in [2.45, 2.75) is 65.6 Å². The molecule has 0 atom stereocenters. The number of aldehydes is 2. The van der Waals surface area contributed by atoms with Crippen LogP contribution >= 0.6 is 0 Å². The molecule has 0 amide bonds. The van der Waals surface area contributed by atoms with E-state index in [4.69, 9.17) is 9.47 Å². The van der Waals surface area contributed by atoms with Crippen LogP contribution in [0.5, 0.6) is 23.0 Å². The van der Waals surface area contributed by atoms with Gasteiger partial charge in [0.15, 0.2) is 12.6 Å². The van der Waals surface area contributed by atoms with Crippen molar-refractivity contribution < 1.29 is 29.3 Å². The zero-order valence-electron chi connectivity index (χ0n) is 29.3. The minimum atomic E-state index is -0.253. The number of hydrogen-bond acceptors (Lipinski definition) is 6. The van der Waals surface area contributed by atoms with Crippen LogP contribution in [0.4, 0.5) is 0 Å². The fourth-order valence-corrected chi connectivity index (χ4v) is 6.27. The summed E-state index contributed by atoms with van der Waals surface area (Å²) < 4.78 is 13.2. The Morgan fingerprint density at radius 2 is 0.920 bits per heavy atom. The minimum absolute atomic E-state index is 0.0187. The lowest BCUT2D eigenvalue weighted by Crippen LogP contribution is -2.13. The highest BCUT2D eigenvalue weighted by Gasteiger charge is 2.23. The van der Waals surface area contributed by atoms with Crippen LogP contribution < -0.4 is 9.47 Å². The van der Waals surface area contributed by atoms with Gasteiger partial charge in [0.1, 0.15) is 36.2 Å². The van der Waals surface area contributed by atoms with Crippen molar-refractivity contribution in [2.24, 2.45) is 0 Å². The van der Waals surface area contributed by atoms with Crippen molar-refractivity contribution in [3.63, 3.8) is 0 Å². The molecule has 6 heteroatoms. The molecule has 0 unspecified atom stereocenters. The molecule has 0 bridgehead atoms. The summed E-state index contributed by atoms with van der Waals surface area (Å²) in [5.41, 5.74) is 4.38. The van der Waals surface area contributed by atoms with Gasteiger partial charge in [0.2, 0.25) is 0 Å². The van der Waals surface area contributed by atoms with Gasteiger partial charge in [0, 0.05) is 22.3 Å². The standard InChI is InChI=1S/C44H42O6/c1-43(2,3)33-19-29(23-45)41(47)31(21-33)25-49-37-17-15-27-11-7-9-13-35(27)39(37)40-36-14-10-8-12-28(36)16-18-38(40)50-26-32-22-34(44(4,5)6)20-30(24-46)42(32)48/h7-24,47-48H,25-26H2,1-6H3.